The summed E-state index contributed by atoms with van der Waals surface area (Å²) in [6.45, 7) is -0.0562. The number of aliphatic hydroxyl groups excluding tert-OH is 1. The largest absolute Gasteiger partial charge is 0.392 e. The summed E-state index contributed by atoms with van der Waals surface area (Å²) < 4.78 is 0. The number of nitrogens with one attached hydrogen (secondary N) is 1. The molecule has 2 rings (SSSR count). The molecule has 0 unspecified atom stereocenters. The summed E-state index contributed by atoms with van der Waals surface area (Å²) in [5.74, 6) is 0.0812. The summed E-state index contributed by atoms with van der Waals surface area (Å²) in [6.07, 6.45) is 5.69. The second-order valence-corrected chi connectivity index (χ2v) is 3.94. The fourth-order valence-electron chi connectivity index (χ4n) is 1.85. The molecule has 0 saturated heterocycles. The van der Waals surface area contributed by atoms with Crippen LogP contribution in [0.5, 0.6) is 0 Å². The molecule has 0 radical (unpaired) electrons. The molecule has 0 aromatic heterocycles. The lowest BCUT2D eigenvalue weighted by Crippen LogP contribution is -2.21. The zero-order valence-corrected chi connectivity index (χ0v) is 9.02. The second-order valence-electron chi connectivity index (χ2n) is 3.94. The monoisotopic (exact) mass is 217 g/mol. The maximum Gasteiger partial charge on any atom is 0.228 e. The van der Waals surface area contributed by atoms with Crippen molar-refractivity contribution in [2.45, 2.75) is 19.4 Å². The Balaban J connectivity index is 2.05. The number of benzene rings is 1. The van der Waals surface area contributed by atoms with E-state index in [0.29, 0.717) is 5.69 Å². The van der Waals surface area contributed by atoms with Crippen LogP contribution in [0.15, 0.2) is 36.4 Å². The van der Waals surface area contributed by atoms with Crippen LogP contribution in [0.4, 0.5) is 5.69 Å². The highest BCUT2D eigenvalue weighted by atomic mass is 16.3. The molecule has 1 aromatic rings. The summed E-state index contributed by atoms with van der Waals surface area (Å²) in [7, 11) is 0. The fourth-order valence-corrected chi connectivity index (χ4v) is 1.85. The van der Waals surface area contributed by atoms with Gasteiger partial charge in [-0.15, -0.1) is 0 Å². The molecular weight excluding hydrogens is 202 g/mol. The molecule has 1 aliphatic rings. The molecule has 84 valence electrons. The van der Waals surface area contributed by atoms with Gasteiger partial charge in [-0.2, -0.15) is 0 Å². The standard InChI is InChI=1S/C13H15NO2/c15-9-11-7-3-4-8-12(11)14-13(16)10-5-1-2-6-10/h1-4,7-8,10,15H,5-6,9H2,(H,14,16). The van der Waals surface area contributed by atoms with E-state index in [4.69, 9.17) is 5.11 Å². The number of anilines is 1. The molecular formula is C13H15NO2. The Bertz CT molecular complexity index is 404. The highest BCUT2D eigenvalue weighted by molar-refractivity contribution is 5.93. The van der Waals surface area contributed by atoms with Gasteiger partial charge in [-0.3, -0.25) is 4.79 Å². The van der Waals surface area contributed by atoms with Crippen molar-refractivity contribution < 1.29 is 9.90 Å². The van der Waals surface area contributed by atoms with Crippen molar-refractivity contribution >= 4 is 11.6 Å². The SMILES string of the molecule is O=C(Nc1ccccc1CO)C1CC=CC1. The van der Waals surface area contributed by atoms with E-state index in [-0.39, 0.29) is 18.4 Å². The maximum absolute atomic E-state index is 11.9. The zero-order valence-electron chi connectivity index (χ0n) is 9.02. The van der Waals surface area contributed by atoms with Gasteiger partial charge in [0.15, 0.2) is 0 Å². The van der Waals surface area contributed by atoms with Crippen molar-refractivity contribution in [2.75, 3.05) is 5.32 Å². The van der Waals surface area contributed by atoms with Crippen molar-refractivity contribution in [1.29, 1.82) is 0 Å². The molecule has 3 heteroatoms. The van der Waals surface area contributed by atoms with Crippen LogP contribution < -0.4 is 5.32 Å². The number of carbonyl (C=O) groups is 1. The van der Waals surface area contributed by atoms with E-state index in [9.17, 15) is 4.79 Å². The minimum absolute atomic E-state index is 0.0332. The number of para-hydroxylation sites is 1. The average molecular weight is 217 g/mol. The van der Waals surface area contributed by atoms with E-state index in [1.165, 1.54) is 0 Å². The van der Waals surface area contributed by atoms with Crippen LogP contribution in [0.3, 0.4) is 0 Å². The van der Waals surface area contributed by atoms with Gasteiger partial charge >= 0.3 is 0 Å². The third-order valence-electron chi connectivity index (χ3n) is 2.82. The van der Waals surface area contributed by atoms with E-state index in [2.05, 4.69) is 5.32 Å². The summed E-state index contributed by atoms with van der Waals surface area (Å²) in [5, 5.41) is 12.0. The van der Waals surface area contributed by atoms with Gasteiger partial charge in [0.1, 0.15) is 0 Å². The van der Waals surface area contributed by atoms with Gasteiger partial charge in [-0.05, 0) is 18.9 Å². The lowest BCUT2D eigenvalue weighted by Gasteiger charge is -2.12. The summed E-state index contributed by atoms with van der Waals surface area (Å²) in [4.78, 5) is 11.9. The summed E-state index contributed by atoms with van der Waals surface area (Å²) in [6, 6.07) is 7.31. The Labute approximate surface area is 94.8 Å². The van der Waals surface area contributed by atoms with Gasteiger partial charge < -0.3 is 10.4 Å². The molecule has 3 nitrogen and oxygen atoms in total. The zero-order chi connectivity index (χ0) is 11.4. The Morgan fingerprint density at radius 3 is 2.69 bits per heavy atom. The van der Waals surface area contributed by atoms with Crippen molar-refractivity contribution in [2.24, 2.45) is 5.92 Å². The highest BCUT2D eigenvalue weighted by Gasteiger charge is 2.19. The van der Waals surface area contributed by atoms with Gasteiger partial charge in [0.2, 0.25) is 5.91 Å². The third kappa shape index (κ3) is 2.31. The van der Waals surface area contributed by atoms with E-state index in [1.54, 1.807) is 0 Å². The van der Waals surface area contributed by atoms with E-state index in [1.807, 2.05) is 36.4 Å². The van der Waals surface area contributed by atoms with Crippen LogP contribution >= 0.6 is 0 Å². The lowest BCUT2D eigenvalue weighted by atomic mass is 10.1. The first-order chi connectivity index (χ1) is 7.81. The minimum Gasteiger partial charge on any atom is -0.392 e. The van der Waals surface area contributed by atoms with Crippen molar-refractivity contribution in [3.63, 3.8) is 0 Å². The molecule has 0 aliphatic heterocycles. The van der Waals surface area contributed by atoms with Gasteiger partial charge in [0.05, 0.1) is 6.61 Å². The molecule has 1 amide bonds. The molecule has 0 spiro atoms. The molecule has 0 bridgehead atoms. The average Bonchev–Trinajstić information content (AvgIpc) is 2.83. The first-order valence-corrected chi connectivity index (χ1v) is 5.46. The van der Waals surface area contributed by atoms with Crippen molar-refractivity contribution in [1.82, 2.24) is 0 Å². The van der Waals surface area contributed by atoms with Crippen LogP contribution in [0.25, 0.3) is 0 Å². The van der Waals surface area contributed by atoms with E-state index < -0.39 is 0 Å². The number of hydrogen-bond donors (Lipinski definition) is 2. The van der Waals surface area contributed by atoms with Crippen LogP contribution in [0, 0.1) is 5.92 Å². The topological polar surface area (TPSA) is 49.3 Å². The molecule has 0 atom stereocenters. The molecule has 1 aliphatic carbocycles. The maximum atomic E-state index is 11.9. The first kappa shape index (κ1) is 10.9. The number of hydrogen-bond acceptors (Lipinski definition) is 2. The number of amides is 1. The molecule has 1 aromatic carbocycles. The van der Waals surface area contributed by atoms with Gasteiger partial charge in [-0.25, -0.2) is 0 Å². The van der Waals surface area contributed by atoms with Crippen LogP contribution in [0.2, 0.25) is 0 Å². The predicted octanol–water partition coefficient (Wildman–Crippen LogP) is 2.08. The van der Waals surface area contributed by atoms with Crippen molar-refractivity contribution in [3.05, 3.63) is 42.0 Å². The van der Waals surface area contributed by atoms with Gasteiger partial charge in [-0.1, -0.05) is 30.4 Å². The van der Waals surface area contributed by atoms with Crippen LogP contribution in [-0.4, -0.2) is 11.0 Å². The predicted molar refractivity (Wildman–Crippen MR) is 62.9 cm³/mol. The fraction of sp³-hybridized carbons (Fsp3) is 0.308. The second kappa shape index (κ2) is 4.94. The third-order valence-corrected chi connectivity index (χ3v) is 2.82. The number of aliphatic hydroxyl groups is 1. The molecule has 0 heterocycles. The Hall–Kier alpha value is -1.61. The van der Waals surface area contributed by atoms with E-state index >= 15 is 0 Å². The summed E-state index contributed by atoms with van der Waals surface area (Å²) >= 11 is 0. The quantitative estimate of drug-likeness (QED) is 0.761. The van der Waals surface area contributed by atoms with Crippen LogP contribution in [0.1, 0.15) is 18.4 Å². The number of allylic oxidation sites excluding steroid dienone is 2. The van der Waals surface area contributed by atoms with Gasteiger partial charge in [0, 0.05) is 17.2 Å². The lowest BCUT2D eigenvalue weighted by molar-refractivity contribution is -0.119. The van der Waals surface area contributed by atoms with E-state index in [0.717, 1.165) is 18.4 Å². The summed E-state index contributed by atoms with van der Waals surface area (Å²) in [5.41, 5.74) is 1.46. The Morgan fingerprint density at radius 2 is 2.00 bits per heavy atom. The Morgan fingerprint density at radius 1 is 1.31 bits per heavy atom. The smallest absolute Gasteiger partial charge is 0.228 e. The van der Waals surface area contributed by atoms with Crippen LogP contribution in [-0.2, 0) is 11.4 Å². The Kier molecular flexibility index (Phi) is 3.37. The van der Waals surface area contributed by atoms with Gasteiger partial charge in [0.25, 0.3) is 0 Å². The highest BCUT2D eigenvalue weighted by Crippen LogP contribution is 2.21. The minimum atomic E-state index is -0.0562. The first-order valence-electron chi connectivity index (χ1n) is 5.46. The van der Waals surface area contributed by atoms with Crippen molar-refractivity contribution in [3.8, 4) is 0 Å². The normalized spacial score (nSPS) is 15.3. The molecule has 16 heavy (non-hydrogen) atoms. The molecule has 0 saturated carbocycles. The molecule has 0 fully saturated rings. The number of rotatable bonds is 3. The number of carbonyl (C=O) groups excluding carboxylic acids is 1. The molecule has 2 N–H and O–H groups in total.